The zero-order valence-electron chi connectivity index (χ0n) is 9.31. The van der Waals surface area contributed by atoms with Gasteiger partial charge in [0.05, 0.1) is 4.90 Å². The standard InChI is InChI=1S/C13H5F2NS3/c14-8-3-7(4-9(15)13(8)18-6-16)11-5-12-10(19-11)1-2-17-12/h1-5H. The maximum Gasteiger partial charge on any atom is 0.141 e. The first-order valence-electron chi connectivity index (χ1n) is 5.21. The molecule has 0 fully saturated rings. The molecule has 1 aromatic carbocycles. The van der Waals surface area contributed by atoms with E-state index in [9.17, 15) is 8.78 Å². The lowest BCUT2D eigenvalue weighted by Crippen LogP contribution is -1.88. The van der Waals surface area contributed by atoms with Gasteiger partial charge in [0.2, 0.25) is 0 Å². The van der Waals surface area contributed by atoms with Crippen molar-refractivity contribution >= 4 is 43.8 Å². The van der Waals surface area contributed by atoms with Gasteiger partial charge >= 0.3 is 0 Å². The molecule has 1 nitrogen and oxygen atoms in total. The number of fused-ring (bicyclic) bond motifs is 1. The number of thiophene rings is 2. The van der Waals surface area contributed by atoms with Crippen LogP contribution in [-0.2, 0) is 0 Å². The summed E-state index contributed by atoms with van der Waals surface area (Å²) in [4.78, 5) is 0.581. The molecule has 0 bridgehead atoms. The number of nitriles is 1. The van der Waals surface area contributed by atoms with Crippen LogP contribution >= 0.6 is 34.4 Å². The second-order valence-corrected chi connectivity index (χ2v) is 6.55. The number of rotatable bonds is 2. The third-order valence-electron chi connectivity index (χ3n) is 2.57. The van der Waals surface area contributed by atoms with Crippen LogP contribution in [-0.4, -0.2) is 0 Å². The highest BCUT2D eigenvalue weighted by atomic mass is 32.2. The summed E-state index contributed by atoms with van der Waals surface area (Å²) in [6, 6.07) is 6.47. The number of nitrogens with zero attached hydrogens (tertiary/aromatic N) is 1. The van der Waals surface area contributed by atoms with Crippen molar-refractivity contribution in [3.63, 3.8) is 0 Å². The molecule has 0 N–H and O–H groups in total. The van der Waals surface area contributed by atoms with Crippen LogP contribution in [0.15, 0.2) is 34.5 Å². The van der Waals surface area contributed by atoms with Crippen LogP contribution < -0.4 is 0 Å². The highest BCUT2D eigenvalue weighted by molar-refractivity contribution is 8.03. The smallest absolute Gasteiger partial charge is 0.141 e. The number of thiocyanates is 1. The first kappa shape index (κ1) is 12.6. The molecule has 2 aromatic heterocycles. The Morgan fingerprint density at radius 2 is 1.84 bits per heavy atom. The Morgan fingerprint density at radius 3 is 2.47 bits per heavy atom. The van der Waals surface area contributed by atoms with Gasteiger partial charge in [-0.1, -0.05) is 0 Å². The third kappa shape index (κ3) is 2.25. The monoisotopic (exact) mass is 309 g/mol. The lowest BCUT2D eigenvalue weighted by Gasteiger charge is -2.03. The largest absolute Gasteiger partial charge is 0.206 e. The quantitative estimate of drug-likeness (QED) is 0.462. The fourth-order valence-corrected chi connectivity index (χ4v) is 4.25. The summed E-state index contributed by atoms with van der Waals surface area (Å²) in [6.45, 7) is 0. The molecule has 0 saturated carbocycles. The summed E-state index contributed by atoms with van der Waals surface area (Å²) < 4.78 is 29.7. The Labute approximate surface area is 120 Å². The van der Waals surface area contributed by atoms with Crippen LogP contribution in [0, 0.1) is 22.3 Å². The first-order valence-corrected chi connectivity index (χ1v) is 7.72. The van der Waals surface area contributed by atoms with Gasteiger partial charge in [-0.3, -0.25) is 0 Å². The molecule has 19 heavy (non-hydrogen) atoms. The van der Waals surface area contributed by atoms with E-state index in [2.05, 4.69) is 0 Å². The minimum atomic E-state index is -0.696. The van der Waals surface area contributed by atoms with Gasteiger partial charge in [-0.15, -0.1) is 22.7 Å². The second kappa shape index (κ2) is 4.93. The van der Waals surface area contributed by atoms with E-state index < -0.39 is 11.6 Å². The average Bonchev–Trinajstić information content (AvgIpc) is 2.94. The van der Waals surface area contributed by atoms with Gasteiger partial charge in [-0.25, -0.2) is 8.78 Å². The minimum Gasteiger partial charge on any atom is -0.206 e. The van der Waals surface area contributed by atoms with E-state index in [1.807, 2.05) is 17.5 Å². The highest BCUT2D eigenvalue weighted by Gasteiger charge is 2.14. The van der Waals surface area contributed by atoms with Gasteiger partial charge in [0, 0.05) is 14.3 Å². The van der Waals surface area contributed by atoms with Crippen molar-refractivity contribution in [2.24, 2.45) is 0 Å². The maximum atomic E-state index is 13.8. The van der Waals surface area contributed by atoms with E-state index in [1.165, 1.54) is 23.5 Å². The van der Waals surface area contributed by atoms with Crippen molar-refractivity contribution in [1.29, 1.82) is 5.26 Å². The SMILES string of the molecule is N#CSc1c(F)cc(-c2cc3sccc3s2)cc1F. The van der Waals surface area contributed by atoms with Crippen molar-refractivity contribution in [2.75, 3.05) is 0 Å². The van der Waals surface area contributed by atoms with Crippen LogP contribution in [0.5, 0.6) is 0 Å². The predicted octanol–water partition coefficient (Wildman–Crippen LogP) is 5.48. The van der Waals surface area contributed by atoms with Gasteiger partial charge in [-0.05, 0) is 47.0 Å². The van der Waals surface area contributed by atoms with Gasteiger partial charge in [0.15, 0.2) is 0 Å². The Hall–Kier alpha value is -1.42. The maximum absolute atomic E-state index is 13.8. The Kier molecular flexibility index (Phi) is 3.27. The Balaban J connectivity index is 2.11. The molecule has 0 unspecified atom stereocenters. The summed E-state index contributed by atoms with van der Waals surface area (Å²) in [6.07, 6.45) is 0. The highest BCUT2D eigenvalue weighted by Crippen LogP contribution is 2.38. The van der Waals surface area contributed by atoms with Crippen molar-refractivity contribution in [3.05, 3.63) is 41.3 Å². The van der Waals surface area contributed by atoms with Crippen LogP contribution in [0.25, 0.3) is 19.8 Å². The van der Waals surface area contributed by atoms with Crippen molar-refractivity contribution in [3.8, 4) is 15.8 Å². The molecular formula is C13H5F2NS3. The van der Waals surface area contributed by atoms with E-state index in [-0.39, 0.29) is 4.90 Å². The van der Waals surface area contributed by atoms with Crippen molar-refractivity contribution in [1.82, 2.24) is 0 Å². The fourth-order valence-electron chi connectivity index (χ4n) is 1.75. The van der Waals surface area contributed by atoms with E-state index in [0.29, 0.717) is 17.3 Å². The third-order valence-corrected chi connectivity index (χ3v) is 5.40. The summed E-state index contributed by atoms with van der Waals surface area (Å²) >= 11 is 3.60. The molecule has 0 aliphatic rings. The molecule has 0 atom stereocenters. The van der Waals surface area contributed by atoms with Gasteiger partial charge in [-0.2, -0.15) is 5.26 Å². The number of hydrogen-bond donors (Lipinski definition) is 0. The molecule has 0 amide bonds. The van der Waals surface area contributed by atoms with Crippen molar-refractivity contribution < 1.29 is 8.78 Å². The topological polar surface area (TPSA) is 23.8 Å². The van der Waals surface area contributed by atoms with Crippen LogP contribution in [0.4, 0.5) is 8.78 Å². The summed E-state index contributed by atoms with van der Waals surface area (Å²) in [5, 5.41) is 12.2. The Morgan fingerprint density at radius 1 is 1.11 bits per heavy atom. The summed E-state index contributed by atoms with van der Waals surface area (Å²) in [5.74, 6) is -1.39. The van der Waals surface area contributed by atoms with Crippen LogP contribution in [0.3, 0.4) is 0 Å². The van der Waals surface area contributed by atoms with E-state index in [1.54, 1.807) is 16.7 Å². The molecule has 0 aliphatic carbocycles. The molecule has 6 heteroatoms. The number of thioether (sulfide) groups is 1. The second-order valence-electron chi connectivity index (χ2n) is 3.72. The molecule has 3 aromatic rings. The van der Waals surface area contributed by atoms with Crippen molar-refractivity contribution in [2.45, 2.75) is 4.90 Å². The number of halogens is 2. The number of hydrogen-bond acceptors (Lipinski definition) is 4. The zero-order valence-corrected chi connectivity index (χ0v) is 11.8. The van der Waals surface area contributed by atoms with Gasteiger partial charge in [0.1, 0.15) is 17.0 Å². The Bertz CT molecular complexity index is 746. The van der Waals surface area contributed by atoms with E-state index >= 15 is 0 Å². The average molecular weight is 309 g/mol. The van der Waals surface area contributed by atoms with Gasteiger partial charge < -0.3 is 0 Å². The van der Waals surface area contributed by atoms with Gasteiger partial charge in [0.25, 0.3) is 0 Å². The molecular weight excluding hydrogens is 304 g/mol. The summed E-state index contributed by atoms with van der Waals surface area (Å²) in [5.41, 5.74) is 0.505. The molecule has 0 aliphatic heterocycles. The van der Waals surface area contributed by atoms with E-state index in [4.69, 9.17) is 5.26 Å². The normalized spacial score (nSPS) is 10.8. The molecule has 2 heterocycles. The molecule has 0 saturated heterocycles. The first-order chi connectivity index (χ1) is 9.19. The fraction of sp³-hybridized carbons (Fsp3) is 0. The van der Waals surface area contributed by atoms with Crippen LogP contribution in [0.1, 0.15) is 0 Å². The van der Waals surface area contributed by atoms with E-state index in [0.717, 1.165) is 14.3 Å². The molecule has 94 valence electrons. The zero-order chi connectivity index (χ0) is 13.4. The molecule has 0 spiro atoms. The molecule has 3 rings (SSSR count). The number of benzene rings is 1. The molecule has 0 radical (unpaired) electrons. The lowest BCUT2D eigenvalue weighted by molar-refractivity contribution is 0.542. The lowest BCUT2D eigenvalue weighted by atomic mass is 10.2. The summed E-state index contributed by atoms with van der Waals surface area (Å²) in [7, 11) is 0. The van der Waals surface area contributed by atoms with Crippen LogP contribution in [0.2, 0.25) is 0 Å². The predicted molar refractivity (Wildman–Crippen MR) is 76.5 cm³/mol. The minimum absolute atomic E-state index is 0.246.